The highest BCUT2D eigenvalue weighted by Crippen LogP contribution is 2.21. The number of fused-ring (bicyclic) bond motifs is 1. The molecule has 0 aliphatic carbocycles. The zero-order valence-corrected chi connectivity index (χ0v) is 15.4. The molecule has 0 fully saturated rings. The Balaban J connectivity index is 1.70. The minimum Gasteiger partial charge on any atom is -0.497 e. The van der Waals surface area contributed by atoms with Crippen LogP contribution in [0.4, 0.5) is 0 Å². The van der Waals surface area contributed by atoms with Gasteiger partial charge < -0.3 is 15.0 Å². The number of aromatic amines is 1. The standard InChI is InChI=1S/C19H16Cl2N2O3/c1-26-14-4-2-11-8-12(18(24)23-17(11)10-14)6-7-22-19(25)15-5-3-13(20)9-16(15)21/h2-5,8-10H,6-7H2,1H3,(H,22,25)(H,23,24). The fourth-order valence-electron chi connectivity index (χ4n) is 2.62. The molecule has 2 aromatic carbocycles. The highest BCUT2D eigenvalue weighted by Gasteiger charge is 2.11. The van der Waals surface area contributed by atoms with Crippen molar-refractivity contribution < 1.29 is 9.53 Å². The fourth-order valence-corrected chi connectivity index (χ4v) is 3.11. The summed E-state index contributed by atoms with van der Waals surface area (Å²) in [7, 11) is 1.57. The van der Waals surface area contributed by atoms with Crippen LogP contribution in [0.25, 0.3) is 10.9 Å². The van der Waals surface area contributed by atoms with Gasteiger partial charge in [0.2, 0.25) is 0 Å². The lowest BCUT2D eigenvalue weighted by Crippen LogP contribution is -2.27. The Morgan fingerprint density at radius 2 is 1.96 bits per heavy atom. The first-order valence-corrected chi connectivity index (χ1v) is 8.67. The maximum absolute atomic E-state index is 12.2. The van der Waals surface area contributed by atoms with Crippen molar-refractivity contribution in [1.29, 1.82) is 0 Å². The van der Waals surface area contributed by atoms with E-state index < -0.39 is 0 Å². The van der Waals surface area contributed by atoms with E-state index in [1.165, 1.54) is 6.07 Å². The summed E-state index contributed by atoms with van der Waals surface area (Å²) < 4.78 is 5.15. The van der Waals surface area contributed by atoms with E-state index in [9.17, 15) is 9.59 Å². The van der Waals surface area contributed by atoms with Gasteiger partial charge in [0.25, 0.3) is 11.5 Å². The number of H-pyrrole nitrogens is 1. The van der Waals surface area contributed by atoms with Gasteiger partial charge in [-0.3, -0.25) is 9.59 Å². The predicted molar refractivity (Wildman–Crippen MR) is 104 cm³/mol. The van der Waals surface area contributed by atoms with Crippen molar-refractivity contribution >= 4 is 40.0 Å². The van der Waals surface area contributed by atoms with Gasteiger partial charge >= 0.3 is 0 Å². The van der Waals surface area contributed by atoms with Gasteiger partial charge in [0.15, 0.2) is 0 Å². The number of halogens is 2. The Hall–Kier alpha value is -2.50. The van der Waals surface area contributed by atoms with Crippen LogP contribution >= 0.6 is 23.2 Å². The fraction of sp³-hybridized carbons (Fsp3) is 0.158. The van der Waals surface area contributed by atoms with E-state index >= 15 is 0 Å². The molecule has 134 valence electrons. The number of benzene rings is 2. The summed E-state index contributed by atoms with van der Waals surface area (Å²) in [6, 6.07) is 12.0. The van der Waals surface area contributed by atoms with E-state index in [1.807, 2.05) is 18.2 Å². The summed E-state index contributed by atoms with van der Waals surface area (Å²) in [6.45, 7) is 0.308. The highest BCUT2D eigenvalue weighted by atomic mass is 35.5. The van der Waals surface area contributed by atoms with Crippen molar-refractivity contribution in [2.45, 2.75) is 6.42 Å². The van der Waals surface area contributed by atoms with Gasteiger partial charge in [-0.15, -0.1) is 0 Å². The lowest BCUT2D eigenvalue weighted by molar-refractivity contribution is 0.0954. The van der Waals surface area contributed by atoms with Gasteiger partial charge in [0, 0.05) is 23.2 Å². The number of pyridine rings is 1. The number of hydrogen-bond acceptors (Lipinski definition) is 3. The smallest absolute Gasteiger partial charge is 0.252 e. The van der Waals surface area contributed by atoms with Gasteiger partial charge in [-0.05, 0) is 48.2 Å². The van der Waals surface area contributed by atoms with Gasteiger partial charge in [0.1, 0.15) is 5.75 Å². The Morgan fingerprint density at radius 1 is 1.15 bits per heavy atom. The largest absolute Gasteiger partial charge is 0.497 e. The second-order valence-electron chi connectivity index (χ2n) is 5.71. The number of methoxy groups -OCH3 is 1. The van der Waals surface area contributed by atoms with Crippen LogP contribution in [0.3, 0.4) is 0 Å². The average Bonchev–Trinajstić information content (AvgIpc) is 2.61. The first-order valence-electron chi connectivity index (χ1n) is 7.91. The van der Waals surface area contributed by atoms with E-state index in [1.54, 1.807) is 25.3 Å². The van der Waals surface area contributed by atoms with Crippen LogP contribution in [0.2, 0.25) is 10.0 Å². The van der Waals surface area contributed by atoms with Gasteiger partial charge in [-0.25, -0.2) is 0 Å². The summed E-state index contributed by atoms with van der Waals surface area (Å²) >= 11 is 11.9. The van der Waals surface area contributed by atoms with Crippen LogP contribution in [0.15, 0.2) is 47.3 Å². The number of aromatic nitrogens is 1. The van der Waals surface area contributed by atoms with Crippen molar-refractivity contribution in [2.75, 3.05) is 13.7 Å². The summed E-state index contributed by atoms with van der Waals surface area (Å²) in [6.07, 6.45) is 0.397. The van der Waals surface area contributed by atoms with Crippen molar-refractivity contribution in [2.24, 2.45) is 0 Å². The second-order valence-corrected chi connectivity index (χ2v) is 6.55. The monoisotopic (exact) mass is 390 g/mol. The molecule has 0 aliphatic rings. The molecule has 0 radical (unpaired) electrons. The molecule has 0 spiro atoms. The molecule has 5 nitrogen and oxygen atoms in total. The highest BCUT2D eigenvalue weighted by molar-refractivity contribution is 6.36. The van der Waals surface area contributed by atoms with E-state index in [2.05, 4.69) is 10.3 Å². The van der Waals surface area contributed by atoms with E-state index in [-0.39, 0.29) is 16.5 Å². The Kier molecular flexibility index (Phi) is 5.49. The van der Waals surface area contributed by atoms with Crippen LogP contribution in [-0.2, 0) is 6.42 Å². The average molecular weight is 391 g/mol. The summed E-state index contributed by atoms with van der Waals surface area (Å²) in [4.78, 5) is 27.3. The van der Waals surface area contributed by atoms with Crippen molar-refractivity contribution in [3.8, 4) is 5.75 Å². The maximum Gasteiger partial charge on any atom is 0.252 e. The molecular formula is C19H16Cl2N2O3. The lowest BCUT2D eigenvalue weighted by atomic mass is 10.1. The number of amides is 1. The molecule has 0 unspecified atom stereocenters. The maximum atomic E-state index is 12.2. The van der Waals surface area contributed by atoms with Crippen molar-refractivity contribution in [3.05, 3.63) is 74.0 Å². The normalized spacial score (nSPS) is 10.7. The molecule has 26 heavy (non-hydrogen) atoms. The third-order valence-electron chi connectivity index (χ3n) is 3.99. The lowest BCUT2D eigenvalue weighted by Gasteiger charge is -2.08. The Labute approximate surface area is 159 Å². The second kappa shape index (κ2) is 7.81. The summed E-state index contributed by atoms with van der Waals surface area (Å²) in [5.41, 5.74) is 1.44. The van der Waals surface area contributed by atoms with Gasteiger partial charge in [-0.1, -0.05) is 23.2 Å². The van der Waals surface area contributed by atoms with E-state index in [4.69, 9.17) is 27.9 Å². The molecule has 3 aromatic rings. The number of ether oxygens (including phenoxy) is 1. The molecule has 1 amide bonds. The molecule has 3 rings (SSSR count). The topological polar surface area (TPSA) is 71.2 Å². The van der Waals surface area contributed by atoms with Crippen molar-refractivity contribution in [1.82, 2.24) is 10.3 Å². The van der Waals surface area contributed by atoms with E-state index in [0.717, 1.165) is 5.39 Å². The number of carbonyl (C=O) groups excluding carboxylic acids is 1. The van der Waals surface area contributed by atoms with Crippen LogP contribution in [0.5, 0.6) is 5.75 Å². The Morgan fingerprint density at radius 3 is 2.69 bits per heavy atom. The van der Waals surface area contributed by atoms with Crippen LogP contribution < -0.4 is 15.6 Å². The Bertz CT molecular complexity index is 1030. The van der Waals surface area contributed by atoms with Crippen LogP contribution in [-0.4, -0.2) is 24.5 Å². The molecule has 7 heteroatoms. The van der Waals surface area contributed by atoms with Crippen LogP contribution in [0, 0.1) is 0 Å². The number of hydrogen-bond donors (Lipinski definition) is 2. The first kappa shape index (κ1) is 18.3. The van der Waals surface area contributed by atoms with Gasteiger partial charge in [-0.2, -0.15) is 0 Å². The molecule has 0 saturated heterocycles. The predicted octanol–water partition coefficient (Wildman–Crippen LogP) is 3.82. The zero-order chi connectivity index (χ0) is 18.7. The summed E-state index contributed by atoms with van der Waals surface area (Å²) in [5, 5.41) is 4.41. The molecule has 0 bridgehead atoms. The third kappa shape index (κ3) is 4.00. The SMILES string of the molecule is COc1ccc2cc(CCNC(=O)c3ccc(Cl)cc3Cl)c(=O)[nH]c2c1. The molecule has 1 heterocycles. The minimum atomic E-state index is -0.311. The summed E-state index contributed by atoms with van der Waals surface area (Å²) in [5.74, 6) is 0.363. The van der Waals surface area contributed by atoms with Gasteiger partial charge in [0.05, 0.1) is 23.2 Å². The van der Waals surface area contributed by atoms with Crippen LogP contribution in [0.1, 0.15) is 15.9 Å². The molecule has 0 saturated carbocycles. The quantitative estimate of drug-likeness (QED) is 0.695. The number of carbonyl (C=O) groups is 1. The third-order valence-corrected chi connectivity index (χ3v) is 4.53. The number of nitrogens with one attached hydrogen (secondary N) is 2. The molecule has 0 aliphatic heterocycles. The molecule has 0 atom stereocenters. The minimum absolute atomic E-state index is 0.190. The zero-order valence-electron chi connectivity index (χ0n) is 13.9. The molecular weight excluding hydrogens is 375 g/mol. The van der Waals surface area contributed by atoms with Crippen molar-refractivity contribution in [3.63, 3.8) is 0 Å². The van der Waals surface area contributed by atoms with E-state index in [0.29, 0.717) is 40.4 Å². The molecule has 1 aromatic heterocycles. The molecule has 2 N–H and O–H groups in total. The number of rotatable bonds is 5. The first-order chi connectivity index (χ1) is 12.5.